The molecule has 0 amide bonds. The summed E-state index contributed by atoms with van der Waals surface area (Å²) < 4.78 is 0. The van der Waals surface area contributed by atoms with Gasteiger partial charge in [0.05, 0.1) is 23.2 Å². The third-order valence-electron chi connectivity index (χ3n) is 8.12. The van der Waals surface area contributed by atoms with Gasteiger partial charge in [-0.3, -0.25) is 9.98 Å². The number of hydrogen-bond acceptors (Lipinski definition) is 3. The van der Waals surface area contributed by atoms with Crippen LogP contribution in [0.15, 0.2) is 45.2 Å². The molecule has 0 saturated heterocycles. The van der Waals surface area contributed by atoms with E-state index in [1.807, 2.05) is 0 Å². The zero-order valence-corrected chi connectivity index (χ0v) is 17.1. The van der Waals surface area contributed by atoms with E-state index in [0.717, 1.165) is 0 Å². The van der Waals surface area contributed by atoms with Gasteiger partial charge in [0.1, 0.15) is 5.66 Å². The van der Waals surface area contributed by atoms with Crippen molar-refractivity contribution in [3.63, 3.8) is 0 Å². The molecule has 6 rings (SSSR count). The van der Waals surface area contributed by atoms with Gasteiger partial charge in [0, 0.05) is 11.6 Å². The zero-order valence-electron chi connectivity index (χ0n) is 17.1. The first-order valence-corrected chi connectivity index (χ1v) is 11.9. The van der Waals surface area contributed by atoms with Crippen molar-refractivity contribution in [2.75, 3.05) is 0 Å². The highest BCUT2D eigenvalue weighted by Gasteiger charge is 2.55. The molecule has 3 nitrogen and oxygen atoms in total. The fourth-order valence-electron chi connectivity index (χ4n) is 6.79. The van der Waals surface area contributed by atoms with Crippen molar-refractivity contribution in [3.8, 4) is 0 Å². The maximum atomic E-state index is 5.46. The lowest BCUT2D eigenvalue weighted by Crippen LogP contribution is -2.53. The van der Waals surface area contributed by atoms with Crippen LogP contribution in [0, 0.1) is 5.92 Å². The molecule has 6 aliphatic rings. The number of rotatable bonds is 1. The maximum absolute atomic E-state index is 5.46. The molecule has 28 heavy (non-hydrogen) atoms. The second-order valence-electron chi connectivity index (χ2n) is 9.82. The molecule has 2 fully saturated rings. The SMILES string of the molecule is C1=CC2=N[C@@]34CCCC[C@@H]3CC3=C(CCCC3)N4C2=CC1=NC1CCCCC1. The van der Waals surface area contributed by atoms with Crippen molar-refractivity contribution >= 4 is 11.4 Å². The van der Waals surface area contributed by atoms with Crippen molar-refractivity contribution in [1.82, 2.24) is 4.90 Å². The summed E-state index contributed by atoms with van der Waals surface area (Å²) in [6, 6.07) is 0.535. The number of allylic oxidation sites excluding steroid dienone is 5. The minimum Gasteiger partial charge on any atom is -0.318 e. The highest BCUT2D eigenvalue weighted by atomic mass is 15.4. The van der Waals surface area contributed by atoms with Gasteiger partial charge in [-0.2, -0.15) is 0 Å². The largest absolute Gasteiger partial charge is 0.318 e. The van der Waals surface area contributed by atoms with Crippen molar-refractivity contribution in [3.05, 3.63) is 35.2 Å². The molecule has 0 aromatic carbocycles. The van der Waals surface area contributed by atoms with Crippen LogP contribution in [-0.2, 0) is 0 Å². The van der Waals surface area contributed by atoms with Gasteiger partial charge in [0.25, 0.3) is 0 Å². The van der Waals surface area contributed by atoms with Crippen molar-refractivity contribution < 1.29 is 0 Å². The third kappa shape index (κ3) is 2.61. The molecule has 2 atom stereocenters. The van der Waals surface area contributed by atoms with E-state index in [4.69, 9.17) is 9.98 Å². The fraction of sp³-hybridized carbons (Fsp3) is 0.680. The summed E-state index contributed by atoms with van der Waals surface area (Å²) in [4.78, 5) is 13.4. The van der Waals surface area contributed by atoms with Crippen LogP contribution in [0.4, 0.5) is 0 Å². The van der Waals surface area contributed by atoms with Crippen molar-refractivity contribution in [2.24, 2.45) is 15.9 Å². The number of hydrogen-bond donors (Lipinski definition) is 0. The summed E-state index contributed by atoms with van der Waals surface area (Å²) in [5.74, 6) is 0.712. The van der Waals surface area contributed by atoms with Gasteiger partial charge in [-0.25, -0.2) is 0 Å². The van der Waals surface area contributed by atoms with Crippen LogP contribution in [0.25, 0.3) is 0 Å². The van der Waals surface area contributed by atoms with E-state index in [-0.39, 0.29) is 5.66 Å². The molecule has 1 spiro atoms. The van der Waals surface area contributed by atoms with Gasteiger partial charge in [0.2, 0.25) is 0 Å². The Morgan fingerprint density at radius 2 is 1.79 bits per heavy atom. The van der Waals surface area contributed by atoms with E-state index in [0.29, 0.717) is 12.0 Å². The standard InChI is InChI=1S/C25H33N3/c1-2-10-20(11-3-1)26-21-13-14-22-24(17-21)28-23-12-5-4-8-18(23)16-19-9-6-7-15-25(19,28)27-22/h13-14,17,19-20H,1-12,15-16H2/t19-,25-/m1/s1. The first kappa shape index (κ1) is 17.2. The van der Waals surface area contributed by atoms with Gasteiger partial charge in [-0.15, -0.1) is 0 Å². The predicted octanol–water partition coefficient (Wildman–Crippen LogP) is 6.09. The molecular formula is C25H33N3. The predicted molar refractivity (Wildman–Crippen MR) is 116 cm³/mol. The van der Waals surface area contributed by atoms with Crippen LogP contribution in [0.1, 0.15) is 89.9 Å². The first-order valence-electron chi connectivity index (χ1n) is 11.9. The summed E-state index contributed by atoms with van der Waals surface area (Å²) in [5, 5.41) is 0. The van der Waals surface area contributed by atoms with Gasteiger partial charge in [-0.05, 0) is 82.4 Å². The van der Waals surface area contributed by atoms with Gasteiger partial charge < -0.3 is 4.90 Å². The molecule has 2 heterocycles. The summed E-state index contributed by atoms with van der Waals surface area (Å²) in [7, 11) is 0. The lowest BCUT2D eigenvalue weighted by molar-refractivity contribution is 0.0498. The van der Waals surface area contributed by atoms with E-state index >= 15 is 0 Å². The average Bonchev–Trinajstić information content (AvgIpc) is 3.07. The molecule has 3 heteroatoms. The van der Waals surface area contributed by atoms with Crippen LogP contribution in [0.3, 0.4) is 0 Å². The van der Waals surface area contributed by atoms with E-state index in [1.54, 1.807) is 11.3 Å². The van der Waals surface area contributed by atoms with Gasteiger partial charge in [-0.1, -0.05) is 31.3 Å². The maximum Gasteiger partial charge on any atom is 0.139 e. The second kappa shape index (κ2) is 6.71. The molecule has 2 saturated carbocycles. The lowest BCUT2D eigenvalue weighted by Gasteiger charge is -2.52. The third-order valence-corrected chi connectivity index (χ3v) is 8.12. The molecular weight excluding hydrogens is 342 g/mol. The van der Waals surface area contributed by atoms with Crippen LogP contribution in [0.5, 0.6) is 0 Å². The van der Waals surface area contributed by atoms with E-state index in [2.05, 4.69) is 23.1 Å². The van der Waals surface area contributed by atoms with Gasteiger partial charge in [0.15, 0.2) is 0 Å². The molecule has 0 N–H and O–H groups in total. The Bertz CT molecular complexity index is 821. The minimum absolute atomic E-state index is 0.0280. The molecule has 0 radical (unpaired) electrons. The highest BCUT2D eigenvalue weighted by molar-refractivity contribution is 6.22. The van der Waals surface area contributed by atoms with Crippen LogP contribution >= 0.6 is 0 Å². The smallest absolute Gasteiger partial charge is 0.139 e. The highest BCUT2D eigenvalue weighted by Crippen LogP contribution is 2.55. The van der Waals surface area contributed by atoms with Crippen LogP contribution < -0.4 is 0 Å². The molecule has 148 valence electrons. The van der Waals surface area contributed by atoms with Crippen molar-refractivity contribution in [2.45, 2.75) is 102 Å². The molecule has 0 bridgehead atoms. The first-order chi connectivity index (χ1) is 13.8. The molecule has 4 aliphatic carbocycles. The average molecular weight is 376 g/mol. The summed E-state index contributed by atoms with van der Waals surface area (Å²) in [6.45, 7) is 0. The Morgan fingerprint density at radius 1 is 0.929 bits per heavy atom. The van der Waals surface area contributed by atoms with E-state index < -0.39 is 0 Å². The Balaban J connectivity index is 1.42. The summed E-state index contributed by atoms with van der Waals surface area (Å²) >= 11 is 0. The Labute approximate surface area is 169 Å². The van der Waals surface area contributed by atoms with Crippen molar-refractivity contribution in [1.29, 1.82) is 0 Å². The second-order valence-corrected chi connectivity index (χ2v) is 9.82. The van der Waals surface area contributed by atoms with E-state index in [1.165, 1.54) is 107 Å². The molecule has 2 aliphatic heterocycles. The van der Waals surface area contributed by atoms with Gasteiger partial charge >= 0.3 is 0 Å². The molecule has 0 aromatic heterocycles. The van der Waals surface area contributed by atoms with Crippen LogP contribution in [-0.4, -0.2) is 28.0 Å². The van der Waals surface area contributed by atoms with Crippen LogP contribution in [0.2, 0.25) is 0 Å². The number of fused-ring (bicyclic) bond motifs is 3. The lowest BCUT2D eigenvalue weighted by atomic mass is 9.70. The minimum atomic E-state index is 0.0280. The summed E-state index contributed by atoms with van der Waals surface area (Å²) in [5.41, 5.74) is 7.22. The summed E-state index contributed by atoms with van der Waals surface area (Å²) in [6.07, 6.45) is 25.4. The quantitative estimate of drug-likeness (QED) is 0.510. The molecule has 0 aromatic rings. The number of nitrogens with zero attached hydrogens (tertiary/aromatic N) is 3. The fourth-order valence-corrected chi connectivity index (χ4v) is 6.79. The Morgan fingerprint density at radius 3 is 2.71 bits per heavy atom. The Kier molecular flexibility index (Phi) is 4.13. The molecule has 0 unspecified atom stereocenters. The van der Waals surface area contributed by atoms with E-state index in [9.17, 15) is 0 Å². The monoisotopic (exact) mass is 375 g/mol. The normalized spacial score (nSPS) is 36.5. The Hall–Kier alpha value is -1.64. The zero-order chi connectivity index (χ0) is 18.6. The topological polar surface area (TPSA) is 28.0 Å². The number of aliphatic imine (C=N–C) groups is 2.